The van der Waals surface area contributed by atoms with Crippen molar-refractivity contribution in [3.8, 4) is 5.75 Å². The Bertz CT molecular complexity index is 536. The van der Waals surface area contributed by atoms with Gasteiger partial charge in [-0.2, -0.15) is 0 Å². The highest BCUT2D eigenvalue weighted by Gasteiger charge is 2.13. The third-order valence-electron chi connectivity index (χ3n) is 2.34. The molecule has 0 spiro atoms. The van der Waals surface area contributed by atoms with Crippen LogP contribution in [0.2, 0.25) is 0 Å². The van der Waals surface area contributed by atoms with Crippen molar-refractivity contribution < 1.29 is 4.74 Å². The molecule has 6 heteroatoms. The fourth-order valence-corrected chi connectivity index (χ4v) is 2.23. The van der Waals surface area contributed by atoms with Crippen molar-refractivity contribution in [2.75, 3.05) is 12.4 Å². The van der Waals surface area contributed by atoms with Crippen molar-refractivity contribution in [2.45, 2.75) is 13.0 Å². The molecular formula is C11H13N3O2S. The van der Waals surface area contributed by atoms with Crippen LogP contribution in [0.5, 0.6) is 5.75 Å². The molecule has 0 radical (unpaired) electrons. The van der Waals surface area contributed by atoms with E-state index in [1.54, 1.807) is 11.3 Å². The number of thiophene rings is 1. The minimum absolute atomic E-state index is 0.0817. The zero-order valence-electron chi connectivity index (χ0n) is 9.56. The molecule has 0 amide bonds. The number of H-pyrrole nitrogens is 1. The summed E-state index contributed by atoms with van der Waals surface area (Å²) in [4.78, 5) is 19.2. The van der Waals surface area contributed by atoms with Crippen LogP contribution in [0.15, 0.2) is 28.6 Å². The van der Waals surface area contributed by atoms with E-state index in [9.17, 15) is 4.79 Å². The number of anilines is 1. The summed E-state index contributed by atoms with van der Waals surface area (Å²) < 4.78 is 5.03. The van der Waals surface area contributed by atoms with Crippen LogP contribution >= 0.6 is 11.3 Å². The van der Waals surface area contributed by atoms with Gasteiger partial charge in [0.2, 0.25) is 5.75 Å². The highest BCUT2D eigenvalue weighted by Crippen LogP contribution is 2.24. The fraction of sp³-hybridized carbons (Fsp3) is 0.273. The van der Waals surface area contributed by atoms with Gasteiger partial charge >= 0.3 is 0 Å². The number of rotatable bonds is 4. The van der Waals surface area contributed by atoms with Crippen molar-refractivity contribution >= 4 is 17.2 Å². The molecule has 2 heterocycles. The first-order valence-corrected chi connectivity index (χ1v) is 6.02. The average Bonchev–Trinajstić information content (AvgIpc) is 2.82. The molecule has 0 aliphatic heterocycles. The van der Waals surface area contributed by atoms with Crippen LogP contribution < -0.4 is 15.6 Å². The summed E-state index contributed by atoms with van der Waals surface area (Å²) in [5.74, 6) is 0.660. The van der Waals surface area contributed by atoms with Gasteiger partial charge in [0.15, 0.2) is 5.82 Å². The van der Waals surface area contributed by atoms with E-state index in [1.807, 2.05) is 24.4 Å². The molecule has 0 fully saturated rings. The molecule has 1 unspecified atom stereocenters. The molecule has 5 nitrogen and oxygen atoms in total. The van der Waals surface area contributed by atoms with Gasteiger partial charge in [-0.1, -0.05) is 6.07 Å². The van der Waals surface area contributed by atoms with Crippen LogP contribution in [0.4, 0.5) is 5.82 Å². The standard InChI is InChI=1S/C11H13N3O2S/c1-7(8-4-3-5-17-8)14-10-9(16-2)11(15)13-6-12-10/h3-7H,1-2H3,(H2,12,13,14,15). The summed E-state index contributed by atoms with van der Waals surface area (Å²) in [6.07, 6.45) is 1.36. The molecule has 0 saturated heterocycles. The molecule has 2 rings (SSSR count). The molecule has 90 valence electrons. The summed E-state index contributed by atoms with van der Waals surface area (Å²) in [5, 5.41) is 5.17. The fourth-order valence-electron chi connectivity index (χ4n) is 1.49. The maximum absolute atomic E-state index is 11.5. The smallest absolute Gasteiger partial charge is 0.295 e. The van der Waals surface area contributed by atoms with E-state index in [0.717, 1.165) is 0 Å². The molecular weight excluding hydrogens is 238 g/mol. The molecule has 2 aromatic rings. The van der Waals surface area contributed by atoms with Gasteiger partial charge in [0, 0.05) is 4.88 Å². The second-order valence-electron chi connectivity index (χ2n) is 3.49. The van der Waals surface area contributed by atoms with E-state index < -0.39 is 0 Å². The zero-order valence-corrected chi connectivity index (χ0v) is 10.4. The van der Waals surface area contributed by atoms with Crippen LogP contribution in [0.1, 0.15) is 17.8 Å². The quantitative estimate of drug-likeness (QED) is 0.872. The summed E-state index contributed by atoms with van der Waals surface area (Å²) in [7, 11) is 1.45. The maximum Gasteiger partial charge on any atom is 0.295 e. The number of methoxy groups -OCH3 is 1. The molecule has 17 heavy (non-hydrogen) atoms. The third kappa shape index (κ3) is 2.47. The maximum atomic E-state index is 11.5. The van der Waals surface area contributed by atoms with Crippen LogP contribution in [0, 0.1) is 0 Å². The minimum atomic E-state index is -0.289. The van der Waals surface area contributed by atoms with Gasteiger partial charge in [-0.3, -0.25) is 4.79 Å². The minimum Gasteiger partial charge on any atom is -0.489 e. The highest BCUT2D eigenvalue weighted by atomic mass is 32.1. The monoisotopic (exact) mass is 251 g/mol. The number of hydrogen-bond acceptors (Lipinski definition) is 5. The number of hydrogen-bond donors (Lipinski definition) is 2. The van der Waals surface area contributed by atoms with Gasteiger partial charge in [0.1, 0.15) is 0 Å². The number of nitrogens with zero attached hydrogens (tertiary/aromatic N) is 1. The van der Waals surface area contributed by atoms with Crippen LogP contribution in [-0.4, -0.2) is 17.1 Å². The Hall–Kier alpha value is -1.82. The third-order valence-corrected chi connectivity index (χ3v) is 3.39. The van der Waals surface area contributed by atoms with Crippen molar-refractivity contribution in [2.24, 2.45) is 0 Å². The molecule has 0 aliphatic carbocycles. The number of aromatic amines is 1. The van der Waals surface area contributed by atoms with Crippen molar-refractivity contribution in [1.82, 2.24) is 9.97 Å². The number of nitrogens with one attached hydrogen (secondary N) is 2. The lowest BCUT2D eigenvalue weighted by Crippen LogP contribution is -2.15. The van der Waals surface area contributed by atoms with Crippen LogP contribution in [0.3, 0.4) is 0 Å². The highest BCUT2D eigenvalue weighted by molar-refractivity contribution is 7.10. The zero-order chi connectivity index (χ0) is 12.3. The van der Waals surface area contributed by atoms with Crippen LogP contribution in [0.25, 0.3) is 0 Å². The Balaban J connectivity index is 2.24. The Kier molecular flexibility index (Phi) is 3.43. The van der Waals surface area contributed by atoms with Crippen molar-refractivity contribution in [3.63, 3.8) is 0 Å². The second-order valence-corrected chi connectivity index (χ2v) is 4.47. The summed E-state index contributed by atoms with van der Waals surface area (Å²) in [5.41, 5.74) is -0.289. The van der Waals surface area contributed by atoms with Gasteiger partial charge in [-0.05, 0) is 18.4 Å². The predicted octanol–water partition coefficient (Wildman–Crippen LogP) is 2.01. The van der Waals surface area contributed by atoms with E-state index in [4.69, 9.17) is 4.74 Å². The lowest BCUT2D eigenvalue weighted by atomic mass is 10.3. The number of ether oxygens (including phenoxy) is 1. The van der Waals surface area contributed by atoms with Gasteiger partial charge < -0.3 is 15.0 Å². The molecule has 2 N–H and O–H groups in total. The van der Waals surface area contributed by atoms with Crippen molar-refractivity contribution in [1.29, 1.82) is 0 Å². The van der Waals surface area contributed by atoms with Gasteiger partial charge in [0.25, 0.3) is 5.56 Å². The summed E-state index contributed by atoms with van der Waals surface area (Å²) in [6.45, 7) is 2.01. The lowest BCUT2D eigenvalue weighted by Gasteiger charge is -2.14. The average molecular weight is 251 g/mol. The Morgan fingerprint density at radius 3 is 3.06 bits per heavy atom. The summed E-state index contributed by atoms with van der Waals surface area (Å²) in [6, 6.07) is 4.10. The van der Waals surface area contributed by atoms with Gasteiger partial charge in [-0.25, -0.2) is 4.98 Å². The normalized spacial score (nSPS) is 12.1. The molecule has 0 bridgehead atoms. The van der Waals surface area contributed by atoms with Gasteiger partial charge in [-0.15, -0.1) is 11.3 Å². The molecule has 1 atom stereocenters. The lowest BCUT2D eigenvalue weighted by molar-refractivity contribution is 0.407. The van der Waals surface area contributed by atoms with E-state index in [-0.39, 0.29) is 17.4 Å². The topological polar surface area (TPSA) is 67.0 Å². The Morgan fingerprint density at radius 1 is 1.59 bits per heavy atom. The number of aromatic nitrogens is 2. The molecule has 2 aromatic heterocycles. The first-order valence-electron chi connectivity index (χ1n) is 5.14. The summed E-state index contributed by atoms with van der Waals surface area (Å²) >= 11 is 1.65. The van der Waals surface area contributed by atoms with Gasteiger partial charge in [0.05, 0.1) is 19.5 Å². The SMILES string of the molecule is COc1c(NC(C)c2cccs2)nc[nH]c1=O. The molecule has 0 aliphatic rings. The Morgan fingerprint density at radius 2 is 2.41 bits per heavy atom. The van der Waals surface area contributed by atoms with E-state index >= 15 is 0 Å². The molecule has 0 aromatic carbocycles. The first-order chi connectivity index (χ1) is 8.22. The second kappa shape index (κ2) is 5.01. The van der Waals surface area contributed by atoms with E-state index in [2.05, 4.69) is 15.3 Å². The van der Waals surface area contributed by atoms with E-state index in [1.165, 1.54) is 18.3 Å². The van der Waals surface area contributed by atoms with Crippen LogP contribution in [-0.2, 0) is 0 Å². The van der Waals surface area contributed by atoms with E-state index in [0.29, 0.717) is 5.82 Å². The molecule has 0 saturated carbocycles. The predicted molar refractivity (Wildman–Crippen MR) is 67.8 cm³/mol. The Labute approximate surface area is 102 Å². The largest absolute Gasteiger partial charge is 0.489 e. The van der Waals surface area contributed by atoms with Crippen molar-refractivity contribution in [3.05, 3.63) is 39.1 Å². The first kappa shape index (κ1) is 11.7.